The number of non-ortho nitro benzene ring substituents is 1. The topological polar surface area (TPSA) is 69.2 Å². The minimum atomic E-state index is -0.448. The van der Waals surface area contributed by atoms with Crippen molar-refractivity contribution < 1.29 is 4.92 Å². The van der Waals surface area contributed by atoms with Crippen molar-refractivity contribution in [3.05, 3.63) is 38.9 Å². The molecular weight excluding hydrogens is 240 g/mol. The number of hydrogen-bond acceptors (Lipinski definition) is 3. The molecule has 0 saturated heterocycles. The molecule has 0 amide bonds. The monoisotopic (exact) mass is 256 g/mol. The zero-order valence-corrected chi connectivity index (χ0v) is 10.8. The van der Waals surface area contributed by atoms with Crippen LogP contribution in [0, 0.1) is 16.0 Å². The number of rotatable bonds is 5. The van der Waals surface area contributed by atoms with Crippen molar-refractivity contribution in [1.82, 2.24) is 0 Å². The highest BCUT2D eigenvalue weighted by molar-refractivity contribution is 6.31. The Morgan fingerprint density at radius 2 is 2.18 bits per heavy atom. The quantitative estimate of drug-likeness (QED) is 0.650. The molecule has 0 radical (unpaired) electrons. The molecule has 1 aromatic carbocycles. The van der Waals surface area contributed by atoms with E-state index in [2.05, 4.69) is 6.92 Å². The number of nitrogens with two attached hydrogens (primary N) is 1. The van der Waals surface area contributed by atoms with Crippen LogP contribution in [-0.2, 0) is 6.42 Å². The van der Waals surface area contributed by atoms with Crippen LogP contribution in [-0.4, -0.2) is 11.0 Å². The molecule has 94 valence electrons. The summed E-state index contributed by atoms with van der Waals surface area (Å²) in [6, 6.07) is 4.70. The molecule has 0 aliphatic carbocycles. The van der Waals surface area contributed by atoms with Gasteiger partial charge in [-0.25, -0.2) is 0 Å². The van der Waals surface area contributed by atoms with Crippen molar-refractivity contribution >= 4 is 17.3 Å². The molecule has 0 bridgehead atoms. The van der Waals surface area contributed by atoms with Crippen LogP contribution in [0.5, 0.6) is 0 Å². The van der Waals surface area contributed by atoms with Crippen LogP contribution >= 0.6 is 11.6 Å². The van der Waals surface area contributed by atoms with E-state index >= 15 is 0 Å². The lowest BCUT2D eigenvalue weighted by molar-refractivity contribution is -0.384. The molecular formula is C12H17ClN2O2. The molecule has 0 fully saturated rings. The molecule has 5 heteroatoms. The minimum absolute atomic E-state index is 0.0196. The van der Waals surface area contributed by atoms with Crippen LogP contribution in [0.2, 0.25) is 5.02 Å². The Kier molecular flexibility index (Phi) is 4.90. The predicted octanol–water partition coefficient (Wildman–Crippen LogP) is 3.16. The average Bonchev–Trinajstić information content (AvgIpc) is 2.30. The summed E-state index contributed by atoms with van der Waals surface area (Å²) in [6.07, 6.45) is 1.65. The maximum absolute atomic E-state index is 10.6. The predicted molar refractivity (Wildman–Crippen MR) is 69.2 cm³/mol. The van der Waals surface area contributed by atoms with Crippen molar-refractivity contribution in [3.8, 4) is 0 Å². The maximum Gasteiger partial charge on any atom is 0.270 e. The molecule has 1 aromatic rings. The van der Waals surface area contributed by atoms with Crippen LogP contribution < -0.4 is 5.73 Å². The Hall–Kier alpha value is -1.13. The highest BCUT2D eigenvalue weighted by Crippen LogP contribution is 2.25. The van der Waals surface area contributed by atoms with Crippen molar-refractivity contribution in [2.45, 2.75) is 32.7 Å². The first-order valence-electron chi connectivity index (χ1n) is 5.64. The number of benzene rings is 1. The maximum atomic E-state index is 10.6. The van der Waals surface area contributed by atoms with Crippen LogP contribution in [0.4, 0.5) is 5.69 Å². The van der Waals surface area contributed by atoms with Crippen molar-refractivity contribution in [3.63, 3.8) is 0 Å². The van der Waals surface area contributed by atoms with E-state index in [1.807, 2.05) is 6.92 Å². The third-order valence-electron chi connectivity index (χ3n) is 2.99. The second kappa shape index (κ2) is 5.98. The molecule has 0 aromatic heterocycles. The first-order valence-corrected chi connectivity index (χ1v) is 6.01. The zero-order valence-electron chi connectivity index (χ0n) is 10.0. The van der Waals surface area contributed by atoms with Gasteiger partial charge in [0.05, 0.1) is 9.95 Å². The Morgan fingerprint density at radius 3 is 2.65 bits per heavy atom. The van der Waals surface area contributed by atoms with E-state index in [0.717, 1.165) is 18.4 Å². The zero-order chi connectivity index (χ0) is 13.0. The third kappa shape index (κ3) is 3.68. The second-order valence-corrected chi connectivity index (χ2v) is 4.69. The number of nitro benzene ring substituents is 1. The largest absolute Gasteiger partial charge is 0.327 e. The third-order valence-corrected chi connectivity index (χ3v) is 3.34. The molecule has 2 atom stereocenters. The van der Waals surface area contributed by atoms with E-state index < -0.39 is 4.92 Å². The molecule has 2 N–H and O–H groups in total. The first-order chi connectivity index (χ1) is 7.95. The van der Waals surface area contributed by atoms with Gasteiger partial charge in [0.15, 0.2) is 0 Å². The molecule has 0 aliphatic heterocycles. The summed E-state index contributed by atoms with van der Waals surface area (Å²) < 4.78 is 0. The van der Waals surface area contributed by atoms with Crippen molar-refractivity contribution in [2.75, 3.05) is 0 Å². The van der Waals surface area contributed by atoms with E-state index in [-0.39, 0.29) is 11.7 Å². The summed E-state index contributed by atoms with van der Waals surface area (Å²) in [5.41, 5.74) is 6.87. The van der Waals surface area contributed by atoms with Crippen LogP contribution in [0.1, 0.15) is 25.8 Å². The second-order valence-electron chi connectivity index (χ2n) is 4.29. The summed E-state index contributed by atoms with van der Waals surface area (Å²) in [7, 11) is 0. The summed E-state index contributed by atoms with van der Waals surface area (Å²) >= 11 is 6.02. The fourth-order valence-electron chi connectivity index (χ4n) is 1.72. The van der Waals surface area contributed by atoms with E-state index in [4.69, 9.17) is 17.3 Å². The van der Waals surface area contributed by atoms with Gasteiger partial charge < -0.3 is 5.73 Å². The highest BCUT2D eigenvalue weighted by atomic mass is 35.5. The molecule has 2 unspecified atom stereocenters. The van der Waals surface area contributed by atoms with Gasteiger partial charge in [0, 0.05) is 18.2 Å². The van der Waals surface area contributed by atoms with Gasteiger partial charge >= 0.3 is 0 Å². The Bertz CT molecular complexity index is 409. The lowest BCUT2D eigenvalue weighted by atomic mass is 9.93. The molecule has 0 aliphatic rings. The van der Waals surface area contributed by atoms with Crippen molar-refractivity contribution in [1.29, 1.82) is 0 Å². The smallest absolute Gasteiger partial charge is 0.270 e. The van der Waals surface area contributed by atoms with E-state index in [0.29, 0.717) is 10.9 Å². The van der Waals surface area contributed by atoms with Gasteiger partial charge in [-0.05, 0) is 24.3 Å². The average molecular weight is 257 g/mol. The minimum Gasteiger partial charge on any atom is -0.327 e. The van der Waals surface area contributed by atoms with Gasteiger partial charge in [-0.1, -0.05) is 31.5 Å². The lowest BCUT2D eigenvalue weighted by Crippen LogP contribution is -2.28. The van der Waals surface area contributed by atoms with Crippen molar-refractivity contribution in [2.24, 2.45) is 11.7 Å². The van der Waals surface area contributed by atoms with E-state index in [9.17, 15) is 10.1 Å². The molecule has 17 heavy (non-hydrogen) atoms. The number of hydrogen-bond donors (Lipinski definition) is 1. The van der Waals surface area contributed by atoms with Gasteiger partial charge in [-0.3, -0.25) is 10.1 Å². The molecule has 4 nitrogen and oxygen atoms in total. The van der Waals surface area contributed by atoms with E-state index in [1.165, 1.54) is 12.1 Å². The van der Waals surface area contributed by atoms with E-state index in [1.54, 1.807) is 6.07 Å². The molecule has 0 heterocycles. The van der Waals surface area contributed by atoms with Gasteiger partial charge in [0.25, 0.3) is 5.69 Å². The summed E-state index contributed by atoms with van der Waals surface area (Å²) in [6.45, 7) is 4.10. The number of nitro groups is 1. The fourth-order valence-corrected chi connectivity index (χ4v) is 1.97. The SMILES string of the molecule is CCC(N)C(C)Cc1ccc([N+](=O)[O-])cc1Cl. The van der Waals surface area contributed by atoms with Gasteiger partial charge in [-0.2, -0.15) is 0 Å². The Balaban J connectivity index is 2.82. The highest BCUT2D eigenvalue weighted by Gasteiger charge is 2.15. The first kappa shape index (κ1) is 13.9. The fraction of sp³-hybridized carbons (Fsp3) is 0.500. The van der Waals surface area contributed by atoms with Crippen LogP contribution in [0.3, 0.4) is 0 Å². The Morgan fingerprint density at radius 1 is 1.53 bits per heavy atom. The summed E-state index contributed by atoms with van der Waals surface area (Å²) in [5.74, 6) is 0.305. The molecule has 1 rings (SSSR count). The van der Waals surface area contributed by atoms with Gasteiger partial charge in [-0.15, -0.1) is 0 Å². The summed E-state index contributed by atoms with van der Waals surface area (Å²) in [4.78, 5) is 10.1. The van der Waals surface area contributed by atoms with Gasteiger partial charge in [0.2, 0.25) is 0 Å². The van der Waals surface area contributed by atoms with Gasteiger partial charge in [0.1, 0.15) is 0 Å². The van der Waals surface area contributed by atoms with Crippen LogP contribution in [0.15, 0.2) is 18.2 Å². The molecule has 0 spiro atoms. The lowest BCUT2D eigenvalue weighted by Gasteiger charge is -2.18. The standard InChI is InChI=1S/C12H17ClN2O2/c1-3-12(14)8(2)6-9-4-5-10(15(16)17)7-11(9)13/h4-5,7-8,12H,3,6,14H2,1-2H3. The Labute approximate surface area is 106 Å². The van der Waals surface area contributed by atoms with Crippen LogP contribution in [0.25, 0.3) is 0 Å². The number of nitrogens with zero attached hydrogens (tertiary/aromatic N) is 1. The molecule has 0 saturated carbocycles. The number of halogens is 1. The normalized spacial score (nSPS) is 14.4. The summed E-state index contributed by atoms with van der Waals surface area (Å²) in [5, 5.41) is 11.0.